The summed E-state index contributed by atoms with van der Waals surface area (Å²) in [6, 6.07) is 16.0. The maximum Gasteiger partial charge on any atom is 0.241 e. The maximum atomic E-state index is 12.9. The zero-order chi connectivity index (χ0) is 16.9. The van der Waals surface area contributed by atoms with E-state index in [4.69, 9.17) is 0 Å². The van der Waals surface area contributed by atoms with Crippen molar-refractivity contribution >= 4 is 17.3 Å². The molecule has 0 saturated carbocycles. The van der Waals surface area contributed by atoms with Crippen LogP contribution in [0.25, 0.3) is 0 Å². The molecule has 1 amide bonds. The van der Waals surface area contributed by atoms with Crippen LogP contribution in [0.15, 0.2) is 54.6 Å². The fourth-order valence-electron chi connectivity index (χ4n) is 2.95. The Morgan fingerprint density at radius 2 is 1.62 bits per heavy atom. The molecule has 0 radical (unpaired) electrons. The quantitative estimate of drug-likeness (QED) is 0.938. The van der Waals surface area contributed by atoms with Gasteiger partial charge in [-0.1, -0.05) is 18.2 Å². The number of para-hydroxylation sites is 1. The fraction of sp³-hybridized carbons (Fsp3) is 0.316. The van der Waals surface area contributed by atoms with Gasteiger partial charge in [-0.05, 0) is 43.3 Å². The molecule has 4 nitrogen and oxygen atoms in total. The molecular formula is C19H22FN3O. The standard InChI is InChI=1S/C19H22FN3O/c1-15(19(24)21-17-9-7-16(20)8-10-17)22-11-13-23(14-12-22)18-5-3-2-4-6-18/h2-10,15H,11-14H2,1H3,(H,21,24)/t15-/m1/s1. The molecule has 0 aliphatic carbocycles. The van der Waals surface area contributed by atoms with Crippen molar-refractivity contribution in [3.05, 3.63) is 60.4 Å². The third-order valence-electron chi connectivity index (χ3n) is 4.47. The minimum atomic E-state index is -0.307. The summed E-state index contributed by atoms with van der Waals surface area (Å²) in [6.07, 6.45) is 0. The number of carbonyl (C=O) groups excluding carboxylic acids is 1. The number of nitrogens with one attached hydrogen (secondary N) is 1. The van der Waals surface area contributed by atoms with Crippen LogP contribution in [-0.2, 0) is 4.79 Å². The zero-order valence-corrected chi connectivity index (χ0v) is 13.8. The Morgan fingerprint density at radius 3 is 2.25 bits per heavy atom. The molecule has 126 valence electrons. The molecule has 3 rings (SSSR count). The zero-order valence-electron chi connectivity index (χ0n) is 13.8. The van der Waals surface area contributed by atoms with Crippen molar-refractivity contribution in [1.82, 2.24) is 4.90 Å². The first-order chi connectivity index (χ1) is 11.6. The highest BCUT2D eigenvalue weighted by Crippen LogP contribution is 2.17. The molecule has 0 unspecified atom stereocenters. The summed E-state index contributed by atoms with van der Waals surface area (Å²) >= 11 is 0. The van der Waals surface area contributed by atoms with Crippen LogP contribution in [0, 0.1) is 5.82 Å². The van der Waals surface area contributed by atoms with Crippen LogP contribution >= 0.6 is 0 Å². The van der Waals surface area contributed by atoms with Gasteiger partial charge in [0.2, 0.25) is 5.91 Å². The number of piperazine rings is 1. The molecule has 1 heterocycles. The second-order valence-electron chi connectivity index (χ2n) is 6.03. The topological polar surface area (TPSA) is 35.6 Å². The molecule has 1 atom stereocenters. The van der Waals surface area contributed by atoms with E-state index in [9.17, 15) is 9.18 Å². The largest absolute Gasteiger partial charge is 0.369 e. The summed E-state index contributed by atoms with van der Waals surface area (Å²) in [5.74, 6) is -0.368. The van der Waals surface area contributed by atoms with E-state index in [1.807, 2.05) is 25.1 Å². The van der Waals surface area contributed by atoms with Gasteiger partial charge in [0.05, 0.1) is 6.04 Å². The molecule has 1 N–H and O–H groups in total. The average Bonchev–Trinajstić information content (AvgIpc) is 2.64. The van der Waals surface area contributed by atoms with Crippen LogP contribution in [0.1, 0.15) is 6.92 Å². The number of nitrogens with zero attached hydrogens (tertiary/aromatic N) is 2. The second-order valence-corrected chi connectivity index (χ2v) is 6.03. The highest BCUT2D eigenvalue weighted by Gasteiger charge is 2.25. The second kappa shape index (κ2) is 7.45. The van der Waals surface area contributed by atoms with E-state index < -0.39 is 0 Å². The third-order valence-corrected chi connectivity index (χ3v) is 4.47. The van der Waals surface area contributed by atoms with Crippen molar-refractivity contribution < 1.29 is 9.18 Å². The summed E-state index contributed by atoms with van der Waals surface area (Å²) in [7, 11) is 0. The highest BCUT2D eigenvalue weighted by molar-refractivity contribution is 5.94. The Kier molecular flexibility index (Phi) is 5.11. The molecular weight excluding hydrogens is 305 g/mol. The van der Waals surface area contributed by atoms with Crippen molar-refractivity contribution in [3.8, 4) is 0 Å². The van der Waals surface area contributed by atoms with Crippen LogP contribution in [-0.4, -0.2) is 43.0 Å². The molecule has 1 aliphatic rings. The van der Waals surface area contributed by atoms with E-state index in [0.717, 1.165) is 26.2 Å². The van der Waals surface area contributed by atoms with Gasteiger partial charge in [0.25, 0.3) is 0 Å². The number of rotatable bonds is 4. The molecule has 5 heteroatoms. The van der Waals surface area contributed by atoms with Gasteiger partial charge >= 0.3 is 0 Å². The number of hydrogen-bond donors (Lipinski definition) is 1. The van der Waals surface area contributed by atoms with E-state index in [1.165, 1.54) is 17.8 Å². The molecule has 0 aromatic heterocycles. The lowest BCUT2D eigenvalue weighted by Crippen LogP contribution is -2.52. The Balaban J connectivity index is 1.53. The highest BCUT2D eigenvalue weighted by atomic mass is 19.1. The lowest BCUT2D eigenvalue weighted by molar-refractivity contribution is -0.120. The number of hydrogen-bond acceptors (Lipinski definition) is 3. The fourth-order valence-corrected chi connectivity index (χ4v) is 2.95. The summed E-state index contributed by atoms with van der Waals surface area (Å²) in [5, 5.41) is 2.85. The molecule has 1 fully saturated rings. The number of benzene rings is 2. The summed E-state index contributed by atoms with van der Waals surface area (Å²) in [6.45, 7) is 5.40. The van der Waals surface area contributed by atoms with E-state index >= 15 is 0 Å². The van der Waals surface area contributed by atoms with Crippen molar-refractivity contribution in [2.45, 2.75) is 13.0 Å². The minimum absolute atomic E-state index is 0.0604. The first-order valence-electron chi connectivity index (χ1n) is 8.24. The predicted molar refractivity (Wildman–Crippen MR) is 94.7 cm³/mol. The van der Waals surface area contributed by atoms with Crippen LogP contribution in [0.3, 0.4) is 0 Å². The Morgan fingerprint density at radius 1 is 1.00 bits per heavy atom. The SMILES string of the molecule is C[C@H](C(=O)Nc1ccc(F)cc1)N1CCN(c2ccccc2)CC1. The Hall–Kier alpha value is -2.40. The van der Waals surface area contributed by atoms with Gasteiger partial charge in [-0.3, -0.25) is 9.69 Å². The van der Waals surface area contributed by atoms with Crippen molar-refractivity contribution in [2.24, 2.45) is 0 Å². The van der Waals surface area contributed by atoms with Crippen LogP contribution in [0.5, 0.6) is 0 Å². The van der Waals surface area contributed by atoms with Crippen LogP contribution in [0.4, 0.5) is 15.8 Å². The molecule has 24 heavy (non-hydrogen) atoms. The Bertz CT molecular complexity index is 667. The summed E-state index contributed by atoms with van der Waals surface area (Å²) in [4.78, 5) is 16.9. The first-order valence-corrected chi connectivity index (χ1v) is 8.24. The van der Waals surface area contributed by atoms with Gasteiger partial charge in [-0.25, -0.2) is 4.39 Å². The number of anilines is 2. The smallest absolute Gasteiger partial charge is 0.241 e. The third kappa shape index (κ3) is 3.92. The Labute approximate surface area is 141 Å². The van der Waals surface area contributed by atoms with Crippen molar-refractivity contribution in [3.63, 3.8) is 0 Å². The van der Waals surface area contributed by atoms with E-state index in [1.54, 1.807) is 12.1 Å². The molecule has 0 bridgehead atoms. The summed E-state index contributed by atoms with van der Waals surface area (Å²) < 4.78 is 12.9. The van der Waals surface area contributed by atoms with Gasteiger partial charge in [-0.2, -0.15) is 0 Å². The minimum Gasteiger partial charge on any atom is -0.369 e. The van der Waals surface area contributed by atoms with E-state index in [-0.39, 0.29) is 17.8 Å². The van der Waals surface area contributed by atoms with Crippen LogP contribution < -0.4 is 10.2 Å². The van der Waals surface area contributed by atoms with Gasteiger partial charge in [0.15, 0.2) is 0 Å². The van der Waals surface area contributed by atoms with Gasteiger partial charge in [-0.15, -0.1) is 0 Å². The van der Waals surface area contributed by atoms with Crippen LogP contribution in [0.2, 0.25) is 0 Å². The van der Waals surface area contributed by atoms with E-state index in [0.29, 0.717) is 5.69 Å². The molecule has 2 aromatic rings. The number of halogens is 1. The normalized spacial score (nSPS) is 16.7. The van der Waals surface area contributed by atoms with Crippen molar-refractivity contribution in [1.29, 1.82) is 0 Å². The number of amides is 1. The summed E-state index contributed by atoms with van der Waals surface area (Å²) in [5.41, 5.74) is 1.84. The van der Waals surface area contributed by atoms with Gasteiger partial charge in [0, 0.05) is 37.6 Å². The lowest BCUT2D eigenvalue weighted by atomic mass is 10.2. The first kappa shape index (κ1) is 16.5. The van der Waals surface area contributed by atoms with Crippen molar-refractivity contribution in [2.75, 3.05) is 36.4 Å². The molecule has 1 saturated heterocycles. The van der Waals surface area contributed by atoms with E-state index in [2.05, 4.69) is 27.2 Å². The molecule has 2 aromatic carbocycles. The molecule has 0 spiro atoms. The predicted octanol–water partition coefficient (Wildman–Crippen LogP) is 2.97. The average molecular weight is 327 g/mol. The van der Waals surface area contributed by atoms with Gasteiger partial charge in [0.1, 0.15) is 5.82 Å². The monoisotopic (exact) mass is 327 g/mol. The van der Waals surface area contributed by atoms with Gasteiger partial charge < -0.3 is 10.2 Å². The number of carbonyl (C=O) groups is 1. The molecule has 1 aliphatic heterocycles. The maximum absolute atomic E-state index is 12.9. The lowest BCUT2D eigenvalue weighted by Gasteiger charge is -2.38.